The Morgan fingerprint density at radius 3 is 2.82 bits per heavy atom. The quantitative estimate of drug-likeness (QED) is 0.764. The molecular formula is C12H17ClN2O2. The Morgan fingerprint density at radius 1 is 1.59 bits per heavy atom. The first-order valence-electron chi connectivity index (χ1n) is 5.85. The molecule has 0 N–H and O–H groups in total. The second-order valence-corrected chi connectivity index (χ2v) is 4.94. The number of halogens is 1. The van der Waals surface area contributed by atoms with Gasteiger partial charge >= 0.3 is 0 Å². The summed E-state index contributed by atoms with van der Waals surface area (Å²) in [4.78, 5) is 18.3. The summed E-state index contributed by atoms with van der Waals surface area (Å²) in [6.45, 7) is 6.41. The van der Waals surface area contributed by atoms with E-state index in [4.69, 9.17) is 16.0 Å². The zero-order valence-corrected chi connectivity index (χ0v) is 11.1. The normalized spacial score (nSPS) is 24.4. The standard InChI is InChI=1S/C12H17ClN2O2/c1-7-4-5-15(10(7)6-13)12(16)11-8(2)14-9(3)17-11/h7,10H,4-6H2,1-3H3. The number of hydrogen-bond acceptors (Lipinski definition) is 3. The van der Waals surface area contributed by atoms with Gasteiger partial charge in [-0.2, -0.15) is 0 Å². The van der Waals surface area contributed by atoms with Gasteiger partial charge in [-0.3, -0.25) is 4.79 Å². The Balaban J connectivity index is 2.23. The summed E-state index contributed by atoms with van der Waals surface area (Å²) in [7, 11) is 0. The second-order valence-electron chi connectivity index (χ2n) is 4.63. The molecule has 1 amide bonds. The summed E-state index contributed by atoms with van der Waals surface area (Å²) in [5.74, 6) is 1.71. The minimum absolute atomic E-state index is 0.0851. The average molecular weight is 257 g/mol. The van der Waals surface area contributed by atoms with Crippen LogP contribution < -0.4 is 0 Å². The fourth-order valence-corrected chi connectivity index (χ4v) is 2.83. The first-order valence-corrected chi connectivity index (χ1v) is 6.39. The number of carbonyl (C=O) groups is 1. The van der Waals surface area contributed by atoms with E-state index in [1.165, 1.54) is 0 Å². The molecule has 0 radical (unpaired) electrons. The van der Waals surface area contributed by atoms with Gasteiger partial charge in [-0.05, 0) is 19.3 Å². The smallest absolute Gasteiger partial charge is 0.291 e. The van der Waals surface area contributed by atoms with Gasteiger partial charge in [0.05, 0.1) is 5.69 Å². The van der Waals surface area contributed by atoms with Gasteiger partial charge in [0.25, 0.3) is 5.91 Å². The third-order valence-corrected chi connectivity index (χ3v) is 3.72. The van der Waals surface area contributed by atoms with Crippen LogP contribution in [0, 0.1) is 19.8 Å². The van der Waals surface area contributed by atoms with Crippen molar-refractivity contribution in [1.29, 1.82) is 0 Å². The van der Waals surface area contributed by atoms with Gasteiger partial charge in [0.2, 0.25) is 5.76 Å². The molecule has 1 aliphatic heterocycles. The van der Waals surface area contributed by atoms with Gasteiger partial charge in [0.15, 0.2) is 5.89 Å². The minimum atomic E-state index is -0.0851. The molecule has 0 aromatic carbocycles. The zero-order chi connectivity index (χ0) is 12.6. The lowest BCUT2D eigenvalue weighted by Gasteiger charge is -2.24. The molecule has 2 atom stereocenters. The van der Waals surface area contributed by atoms with Crippen molar-refractivity contribution < 1.29 is 9.21 Å². The van der Waals surface area contributed by atoms with E-state index in [1.54, 1.807) is 13.8 Å². The number of oxazole rings is 1. The lowest BCUT2D eigenvalue weighted by atomic mass is 10.1. The molecule has 5 heteroatoms. The molecule has 2 unspecified atom stereocenters. The van der Waals surface area contributed by atoms with Crippen molar-refractivity contribution in [3.63, 3.8) is 0 Å². The van der Waals surface area contributed by atoms with E-state index in [1.807, 2.05) is 4.90 Å². The highest BCUT2D eigenvalue weighted by atomic mass is 35.5. The molecule has 17 heavy (non-hydrogen) atoms. The Labute approximate surface area is 106 Å². The zero-order valence-electron chi connectivity index (χ0n) is 10.4. The van der Waals surface area contributed by atoms with Crippen LogP contribution >= 0.6 is 11.6 Å². The highest BCUT2D eigenvalue weighted by Gasteiger charge is 2.36. The van der Waals surface area contributed by atoms with Crippen molar-refractivity contribution >= 4 is 17.5 Å². The number of amides is 1. The number of carbonyl (C=O) groups excluding carboxylic acids is 1. The molecule has 1 fully saturated rings. The summed E-state index contributed by atoms with van der Waals surface area (Å²) in [6, 6.07) is 0.106. The maximum Gasteiger partial charge on any atom is 0.291 e. The van der Waals surface area contributed by atoms with E-state index in [0.717, 1.165) is 13.0 Å². The number of hydrogen-bond donors (Lipinski definition) is 0. The molecule has 2 rings (SSSR count). The van der Waals surface area contributed by atoms with Gasteiger partial charge in [0.1, 0.15) is 0 Å². The van der Waals surface area contributed by atoms with Crippen LogP contribution in [0.3, 0.4) is 0 Å². The van der Waals surface area contributed by atoms with Crippen molar-refractivity contribution in [3.05, 3.63) is 17.3 Å². The number of nitrogens with zero attached hydrogens (tertiary/aromatic N) is 2. The van der Waals surface area contributed by atoms with Gasteiger partial charge in [-0.1, -0.05) is 6.92 Å². The first-order chi connectivity index (χ1) is 8.04. The number of alkyl halides is 1. The van der Waals surface area contributed by atoms with Crippen LogP contribution in [-0.2, 0) is 0 Å². The van der Waals surface area contributed by atoms with Crippen LogP contribution in [0.2, 0.25) is 0 Å². The predicted molar refractivity (Wildman–Crippen MR) is 65.3 cm³/mol. The molecule has 0 saturated carbocycles. The molecule has 1 saturated heterocycles. The molecule has 94 valence electrons. The molecule has 0 aliphatic carbocycles. The Hall–Kier alpha value is -1.03. The van der Waals surface area contributed by atoms with Crippen LogP contribution in [0.5, 0.6) is 0 Å². The van der Waals surface area contributed by atoms with E-state index in [-0.39, 0.29) is 11.9 Å². The van der Waals surface area contributed by atoms with Crippen LogP contribution in [0.15, 0.2) is 4.42 Å². The molecule has 2 heterocycles. The number of aryl methyl sites for hydroxylation is 2. The fraction of sp³-hybridized carbons (Fsp3) is 0.667. The maximum atomic E-state index is 12.3. The highest BCUT2D eigenvalue weighted by molar-refractivity contribution is 6.18. The van der Waals surface area contributed by atoms with Crippen molar-refractivity contribution in [2.45, 2.75) is 33.2 Å². The Morgan fingerprint density at radius 2 is 2.29 bits per heavy atom. The fourth-order valence-electron chi connectivity index (χ4n) is 2.36. The minimum Gasteiger partial charge on any atom is -0.436 e. The Kier molecular flexibility index (Phi) is 3.43. The SMILES string of the molecule is Cc1nc(C)c(C(=O)N2CCC(C)C2CCl)o1. The third-order valence-electron chi connectivity index (χ3n) is 3.40. The molecule has 4 nitrogen and oxygen atoms in total. The van der Waals surface area contributed by atoms with Gasteiger partial charge in [-0.15, -0.1) is 11.6 Å². The average Bonchev–Trinajstić information content (AvgIpc) is 2.80. The van der Waals surface area contributed by atoms with Gasteiger partial charge in [0, 0.05) is 25.4 Å². The van der Waals surface area contributed by atoms with Crippen molar-refractivity contribution in [2.75, 3.05) is 12.4 Å². The predicted octanol–water partition coefficient (Wildman–Crippen LogP) is 2.38. The van der Waals surface area contributed by atoms with Gasteiger partial charge in [-0.25, -0.2) is 4.98 Å². The third kappa shape index (κ3) is 2.18. The maximum absolute atomic E-state index is 12.3. The molecule has 1 aliphatic rings. The second kappa shape index (κ2) is 4.69. The Bertz CT molecular complexity index is 430. The topological polar surface area (TPSA) is 46.3 Å². The number of aromatic nitrogens is 1. The van der Waals surface area contributed by atoms with Crippen molar-refractivity contribution in [1.82, 2.24) is 9.88 Å². The lowest BCUT2D eigenvalue weighted by molar-refractivity contribution is 0.0702. The first kappa shape index (κ1) is 12.4. The van der Waals surface area contributed by atoms with Crippen LogP contribution in [0.25, 0.3) is 0 Å². The van der Waals surface area contributed by atoms with Crippen LogP contribution in [-0.4, -0.2) is 34.3 Å². The summed E-state index contributed by atoms with van der Waals surface area (Å²) in [6.07, 6.45) is 0.995. The van der Waals surface area contributed by atoms with Crippen molar-refractivity contribution in [2.24, 2.45) is 5.92 Å². The van der Waals surface area contributed by atoms with E-state index in [2.05, 4.69) is 11.9 Å². The van der Waals surface area contributed by atoms with E-state index in [9.17, 15) is 4.79 Å². The van der Waals surface area contributed by atoms with E-state index < -0.39 is 0 Å². The van der Waals surface area contributed by atoms with Crippen molar-refractivity contribution in [3.8, 4) is 0 Å². The molecular weight excluding hydrogens is 240 g/mol. The summed E-state index contributed by atoms with van der Waals surface area (Å²) in [5.41, 5.74) is 0.653. The monoisotopic (exact) mass is 256 g/mol. The molecule has 1 aromatic rings. The van der Waals surface area contributed by atoms with E-state index >= 15 is 0 Å². The molecule has 1 aromatic heterocycles. The lowest BCUT2D eigenvalue weighted by Crippen LogP contribution is -2.38. The van der Waals surface area contributed by atoms with Gasteiger partial charge < -0.3 is 9.32 Å². The number of rotatable bonds is 2. The molecule has 0 bridgehead atoms. The highest BCUT2D eigenvalue weighted by Crippen LogP contribution is 2.27. The number of likely N-dealkylation sites (tertiary alicyclic amines) is 1. The summed E-state index contributed by atoms with van der Waals surface area (Å²) in [5, 5.41) is 0. The van der Waals surface area contributed by atoms with Crippen LogP contribution in [0.4, 0.5) is 0 Å². The largest absolute Gasteiger partial charge is 0.436 e. The summed E-state index contributed by atoms with van der Waals surface area (Å²) < 4.78 is 5.37. The molecule has 0 spiro atoms. The summed E-state index contributed by atoms with van der Waals surface area (Å²) >= 11 is 5.93. The van der Waals surface area contributed by atoms with E-state index in [0.29, 0.717) is 29.1 Å². The van der Waals surface area contributed by atoms with Crippen LogP contribution in [0.1, 0.15) is 35.5 Å².